The first-order valence-electron chi connectivity index (χ1n) is 17.2. The van der Waals surface area contributed by atoms with Crippen LogP contribution in [0.2, 0.25) is 5.02 Å². The van der Waals surface area contributed by atoms with Gasteiger partial charge in [0, 0.05) is 42.5 Å². The van der Waals surface area contributed by atoms with Crippen molar-refractivity contribution in [1.29, 1.82) is 0 Å². The highest BCUT2D eigenvalue weighted by Gasteiger charge is 2.39. The molecule has 1 unspecified atom stereocenters. The minimum absolute atomic E-state index is 0.0982. The van der Waals surface area contributed by atoms with Crippen LogP contribution < -0.4 is 10.1 Å². The molecular weight excluding hydrogens is 681 g/mol. The molecule has 3 atom stereocenters. The fourth-order valence-corrected chi connectivity index (χ4v) is 7.01. The molecule has 2 N–H and O–H groups in total. The molecule has 0 radical (unpaired) electrons. The van der Waals surface area contributed by atoms with Gasteiger partial charge >= 0.3 is 5.97 Å². The average Bonchev–Trinajstić information content (AvgIpc) is 3.68. The van der Waals surface area contributed by atoms with Crippen molar-refractivity contribution in [3.63, 3.8) is 0 Å². The van der Waals surface area contributed by atoms with E-state index in [1.165, 1.54) is 0 Å². The van der Waals surface area contributed by atoms with Crippen LogP contribution in [0, 0.1) is 0 Å². The van der Waals surface area contributed by atoms with E-state index in [0.717, 1.165) is 66.6 Å². The Morgan fingerprint density at radius 1 is 1.08 bits per heavy atom. The fourth-order valence-electron chi connectivity index (χ4n) is 6.90. The first kappa shape index (κ1) is 34.8. The number of likely N-dealkylation sites (tertiary alicyclic amines) is 2. The minimum atomic E-state index is -1.41. The molecule has 0 aliphatic carbocycles. The predicted octanol–water partition coefficient (Wildman–Crippen LogP) is 3.98. The SMILES string of the molecule is O=C(NCC(=O)N1C[C@@H](F)CC1C(=O)O)c1ccc2c(c1)nc(CN1CCC(c3cccc(OCc4ccc(Cl)cn4)n3)CC1)n2C[C@@H]1CCO1. The van der Waals surface area contributed by atoms with Crippen LogP contribution in [0.1, 0.15) is 59.2 Å². The Balaban J connectivity index is 0.982. The van der Waals surface area contributed by atoms with Gasteiger partial charge in [-0.2, -0.15) is 0 Å². The molecule has 3 aliphatic heterocycles. The van der Waals surface area contributed by atoms with Gasteiger partial charge in [-0.25, -0.2) is 19.2 Å². The minimum Gasteiger partial charge on any atom is -0.480 e. The number of benzene rings is 1. The van der Waals surface area contributed by atoms with E-state index in [4.69, 9.17) is 31.0 Å². The maximum atomic E-state index is 13.8. The lowest BCUT2D eigenvalue weighted by Crippen LogP contribution is -2.45. The molecule has 0 spiro atoms. The molecule has 51 heavy (non-hydrogen) atoms. The number of aromatic nitrogens is 4. The van der Waals surface area contributed by atoms with E-state index in [1.54, 1.807) is 24.4 Å². The van der Waals surface area contributed by atoms with E-state index in [2.05, 4.69) is 19.8 Å². The highest BCUT2D eigenvalue weighted by molar-refractivity contribution is 6.30. The van der Waals surface area contributed by atoms with Crippen molar-refractivity contribution in [3.05, 3.63) is 82.5 Å². The Labute approximate surface area is 298 Å². The molecule has 6 heterocycles. The number of hydrogen-bond acceptors (Lipinski definition) is 9. The zero-order valence-corrected chi connectivity index (χ0v) is 28.7. The number of hydrogen-bond donors (Lipinski definition) is 2. The van der Waals surface area contributed by atoms with Crippen molar-refractivity contribution in [2.24, 2.45) is 0 Å². The lowest BCUT2D eigenvalue weighted by molar-refractivity contribution is -0.147. The smallest absolute Gasteiger partial charge is 0.326 e. The fraction of sp³-hybridized carbons (Fsp3) is 0.444. The second-order valence-electron chi connectivity index (χ2n) is 13.2. The van der Waals surface area contributed by atoms with Gasteiger partial charge < -0.3 is 29.4 Å². The van der Waals surface area contributed by atoms with E-state index >= 15 is 0 Å². The zero-order chi connectivity index (χ0) is 35.5. The number of ether oxygens (including phenoxy) is 2. The van der Waals surface area contributed by atoms with E-state index in [0.29, 0.717) is 47.6 Å². The number of aliphatic carboxylic acids is 1. The molecule has 15 heteroatoms. The monoisotopic (exact) mass is 719 g/mol. The molecule has 7 rings (SSSR count). The van der Waals surface area contributed by atoms with Gasteiger partial charge in [0.1, 0.15) is 24.6 Å². The number of carbonyl (C=O) groups is 3. The Hall–Kier alpha value is -4.66. The van der Waals surface area contributed by atoms with Crippen LogP contribution in [0.3, 0.4) is 0 Å². The number of rotatable bonds is 12. The number of pyridine rings is 2. The van der Waals surface area contributed by atoms with E-state index < -0.39 is 36.5 Å². The number of nitrogens with one attached hydrogen (secondary N) is 1. The predicted molar refractivity (Wildman–Crippen MR) is 184 cm³/mol. The summed E-state index contributed by atoms with van der Waals surface area (Å²) in [4.78, 5) is 54.6. The summed E-state index contributed by atoms with van der Waals surface area (Å²) in [5, 5.41) is 12.5. The third-order valence-electron chi connectivity index (χ3n) is 9.80. The number of carboxylic acids is 1. The lowest BCUT2D eigenvalue weighted by Gasteiger charge is -2.32. The van der Waals surface area contributed by atoms with Crippen LogP contribution in [0.4, 0.5) is 4.39 Å². The lowest BCUT2D eigenvalue weighted by atomic mass is 9.93. The third kappa shape index (κ3) is 8.13. The molecule has 3 fully saturated rings. The number of amides is 2. The summed E-state index contributed by atoms with van der Waals surface area (Å²) in [6, 6.07) is 13.5. The summed E-state index contributed by atoms with van der Waals surface area (Å²) in [5.74, 6) is -0.667. The average molecular weight is 720 g/mol. The Kier molecular flexibility index (Phi) is 10.4. The second kappa shape index (κ2) is 15.3. The van der Waals surface area contributed by atoms with Gasteiger partial charge in [0.25, 0.3) is 5.91 Å². The summed E-state index contributed by atoms with van der Waals surface area (Å²) < 4.78 is 27.7. The number of carbonyl (C=O) groups excluding carboxylic acids is 2. The number of piperidine rings is 1. The van der Waals surface area contributed by atoms with Crippen LogP contribution in [0.15, 0.2) is 54.7 Å². The van der Waals surface area contributed by atoms with Crippen molar-refractivity contribution < 1.29 is 33.4 Å². The van der Waals surface area contributed by atoms with Crippen molar-refractivity contribution >= 4 is 40.4 Å². The third-order valence-corrected chi connectivity index (χ3v) is 10.0. The number of alkyl halides is 1. The molecule has 3 aliphatic rings. The Bertz CT molecular complexity index is 1900. The van der Waals surface area contributed by atoms with Gasteiger partial charge in [-0.1, -0.05) is 17.7 Å². The first-order chi connectivity index (χ1) is 24.7. The van der Waals surface area contributed by atoms with Crippen LogP contribution in [0.5, 0.6) is 5.88 Å². The largest absolute Gasteiger partial charge is 0.480 e. The molecule has 2 amide bonds. The van der Waals surface area contributed by atoms with Gasteiger partial charge in [-0.3, -0.25) is 19.5 Å². The molecule has 0 saturated carbocycles. The highest BCUT2D eigenvalue weighted by Crippen LogP contribution is 2.30. The molecule has 3 aromatic heterocycles. The molecule has 268 valence electrons. The Morgan fingerprint density at radius 2 is 1.90 bits per heavy atom. The molecule has 1 aromatic carbocycles. The van der Waals surface area contributed by atoms with Gasteiger partial charge in [0.15, 0.2) is 0 Å². The van der Waals surface area contributed by atoms with Crippen LogP contribution in [-0.4, -0.2) is 103 Å². The zero-order valence-electron chi connectivity index (χ0n) is 27.9. The molecule has 0 bridgehead atoms. The summed E-state index contributed by atoms with van der Waals surface area (Å²) in [6.07, 6.45) is 2.86. The van der Waals surface area contributed by atoms with E-state index in [9.17, 15) is 23.9 Å². The van der Waals surface area contributed by atoms with Crippen molar-refractivity contribution in [1.82, 2.24) is 34.6 Å². The number of carboxylic acid groups (broad SMARTS) is 1. The molecule has 13 nitrogen and oxygen atoms in total. The van der Waals surface area contributed by atoms with Gasteiger partial charge in [-0.05, 0) is 68.8 Å². The van der Waals surface area contributed by atoms with Crippen molar-refractivity contribution in [2.45, 2.75) is 69.6 Å². The van der Waals surface area contributed by atoms with Gasteiger partial charge in [-0.15, -0.1) is 0 Å². The summed E-state index contributed by atoms with van der Waals surface area (Å²) in [5.41, 5.74) is 3.63. The Morgan fingerprint density at radius 3 is 2.63 bits per heavy atom. The van der Waals surface area contributed by atoms with E-state index in [-0.39, 0.29) is 19.1 Å². The summed E-state index contributed by atoms with van der Waals surface area (Å²) >= 11 is 5.94. The highest BCUT2D eigenvalue weighted by atomic mass is 35.5. The first-order valence-corrected chi connectivity index (χ1v) is 17.6. The van der Waals surface area contributed by atoms with Crippen molar-refractivity contribution in [2.75, 3.05) is 32.8 Å². The van der Waals surface area contributed by atoms with E-state index in [1.807, 2.05) is 30.3 Å². The molecule has 3 saturated heterocycles. The quantitative estimate of drug-likeness (QED) is 0.220. The van der Waals surface area contributed by atoms with Gasteiger partial charge in [0.05, 0.1) is 54.0 Å². The topological polar surface area (TPSA) is 152 Å². The maximum Gasteiger partial charge on any atom is 0.326 e. The standard InChI is InChI=1S/C36H39ClFN7O6/c37-24-5-6-26(39-16-24)21-51-33-3-1-2-28(42-33)22-8-11-43(12-9-22)20-32-41-29-14-23(4-7-30(29)44(32)19-27-10-13-50-27)35(47)40-17-34(46)45-18-25(38)15-31(45)36(48)49/h1-7,14,16,22,25,27,31H,8-13,15,17-21H2,(H,40,47)(H,48,49)/t25-,27-,31?/m0/s1. The number of imidazole rings is 1. The summed E-state index contributed by atoms with van der Waals surface area (Å²) in [6.45, 7) is 3.31. The van der Waals surface area contributed by atoms with Crippen LogP contribution in [0.25, 0.3) is 11.0 Å². The van der Waals surface area contributed by atoms with Crippen molar-refractivity contribution in [3.8, 4) is 5.88 Å². The summed E-state index contributed by atoms with van der Waals surface area (Å²) in [7, 11) is 0. The number of halogens is 2. The number of nitrogens with zero attached hydrogens (tertiary/aromatic N) is 6. The maximum absolute atomic E-state index is 13.8. The number of fused-ring (bicyclic) bond motifs is 1. The molecular formula is C36H39ClFN7O6. The van der Waals surface area contributed by atoms with Gasteiger partial charge in [0.2, 0.25) is 11.8 Å². The molecule has 4 aromatic rings. The van der Waals surface area contributed by atoms with Crippen LogP contribution in [-0.2, 0) is 34.0 Å². The van der Waals surface area contributed by atoms with Crippen LogP contribution >= 0.6 is 11.6 Å². The second-order valence-corrected chi connectivity index (χ2v) is 13.7. The normalized spacial score (nSPS) is 21.1.